The minimum Gasteiger partial charge on any atom is -0.493 e. The Bertz CT molecular complexity index is 1160. The molecule has 7 heteroatoms. The summed E-state index contributed by atoms with van der Waals surface area (Å²) in [6, 6.07) is 5.73. The molecule has 5 rings (SSSR count). The van der Waals surface area contributed by atoms with Crippen molar-refractivity contribution in [2.24, 2.45) is 5.92 Å². The van der Waals surface area contributed by atoms with Crippen molar-refractivity contribution >= 4 is 27.2 Å². The molecule has 0 aliphatic heterocycles. The van der Waals surface area contributed by atoms with Crippen molar-refractivity contribution in [2.45, 2.75) is 26.2 Å². The number of hydrogen-bond acceptors (Lipinski definition) is 6. The molecule has 27 heavy (non-hydrogen) atoms. The number of nitrogens with zero attached hydrogens (tertiary/aromatic N) is 4. The second-order valence-corrected chi connectivity index (χ2v) is 8.13. The summed E-state index contributed by atoms with van der Waals surface area (Å²) in [5, 5.41) is 5.83. The Morgan fingerprint density at radius 1 is 1.19 bits per heavy atom. The summed E-state index contributed by atoms with van der Waals surface area (Å²) in [5.41, 5.74) is 3.19. The molecule has 0 radical (unpaired) electrons. The molecule has 3 aromatic heterocycles. The Morgan fingerprint density at radius 2 is 2.04 bits per heavy atom. The first-order chi connectivity index (χ1) is 13.2. The van der Waals surface area contributed by atoms with Crippen LogP contribution in [0.4, 0.5) is 0 Å². The molecule has 6 nitrogen and oxygen atoms in total. The highest BCUT2D eigenvalue weighted by Crippen LogP contribution is 2.39. The number of fused-ring (bicyclic) bond motifs is 5. The highest BCUT2D eigenvalue weighted by atomic mass is 32.1. The predicted molar refractivity (Wildman–Crippen MR) is 106 cm³/mol. The summed E-state index contributed by atoms with van der Waals surface area (Å²) in [5.74, 6) is 2.75. The molecule has 0 saturated heterocycles. The molecule has 138 valence electrons. The largest absolute Gasteiger partial charge is 0.493 e. The van der Waals surface area contributed by atoms with Crippen LogP contribution in [0.25, 0.3) is 27.3 Å². The second kappa shape index (κ2) is 6.20. The van der Waals surface area contributed by atoms with Gasteiger partial charge in [0, 0.05) is 10.4 Å². The highest BCUT2D eigenvalue weighted by Gasteiger charge is 2.23. The zero-order valence-electron chi connectivity index (χ0n) is 15.5. The molecule has 0 fully saturated rings. The van der Waals surface area contributed by atoms with Gasteiger partial charge in [-0.25, -0.2) is 14.5 Å². The van der Waals surface area contributed by atoms with E-state index in [4.69, 9.17) is 14.5 Å². The van der Waals surface area contributed by atoms with Gasteiger partial charge in [0.1, 0.15) is 11.2 Å². The SMILES string of the molecule is COc1ccc(-c2nc3c4c5c(sc4ncn3n2)CC(C)CC5)cc1OC. The average Bonchev–Trinajstić information content (AvgIpc) is 3.27. The van der Waals surface area contributed by atoms with Gasteiger partial charge in [-0.3, -0.25) is 0 Å². The second-order valence-electron chi connectivity index (χ2n) is 7.05. The molecular weight excluding hydrogens is 360 g/mol. The number of methoxy groups -OCH3 is 2. The first-order valence-corrected chi connectivity index (χ1v) is 9.87. The van der Waals surface area contributed by atoms with Crippen LogP contribution in [-0.4, -0.2) is 33.8 Å². The van der Waals surface area contributed by atoms with E-state index in [0.29, 0.717) is 17.3 Å². The Kier molecular flexibility index (Phi) is 3.79. The van der Waals surface area contributed by atoms with E-state index in [1.165, 1.54) is 22.2 Å². The van der Waals surface area contributed by atoms with E-state index < -0.39 is 0 Å². The number of ether oxygens (including phenoxy) is 2. The van der Waals surface area contributed by atoms with Gasteiger partial charge in [-0.2, -0.15) is 0 Å². The summed E-state index contributed by atoms with van der Waals surface area (Å²) in [7, 11) is 3.26. The van der Waals surface area contributed by atoms with E-state index in [1.54, 1.807) is 36.4 Å². The van der Waals surface area contributed by atoms with Crippen LogP contribution >= 0.6 is 11.3 Å². The van der Waals surface area contributed by atoms with E-state index in [2.05, 4.69) is 17.0 Å². The zero-order valence-corrected chi connectivity index (χ0v) is 16.3. The molecule has 0 N–H and O–H groups in total. The van der Waals surface area contributed by atoms with Crippen LogP contribution in [0, 0.1) is 5.92 Å². The van der Waals surface area contributed by atoms with Gasteiger partial charge in [-0.05, 0) is 48.9 Å². The Labute approximate surface area is 160 Å². The van der Waals surface area contributed by atoms with Crippen LogP contribution in [0.2, 0.25) is 0 Å². The zero-order chi connectivity index (χ0) is 18.5. The third kappa shape index (κ3) is 2.56. The Hall–Kier alpha value is -2.67. The molecule has 0 saturated carbocycles. The van der Waals surface area contributed by atoms with Crippen molar-refractivity contribution in [3.63, 3.8) is 0 Å². The van der Waals surface area contributed by atoms with Crippen LogP contribution in [0.1, 0.15) is 23.8 Å². The standard InChI is InChI=1S/C20H20N4O2S/c1-11-4-6-13-16(8-11)27-20-17(13)19-22-18(23-24(19)10-21-20)12-5-7-14(25-2)15(9-12)26-3/h5,7,9-11H,4,6,8H2,1-3H3. The predicted octanol–water partition coefficient (Wildman–Crippen LogP) is 4.15. The maximum absolute atomic E-state index is 5.42. The number of aryl methyl sites for hydroxylation is 1. The lowest BCUT2D eigenvalue weighted by atomic mass is 9.89. The van der Waals surface area contributed by atoms with Crippen LogP contribution in [0.5, 0.6) is 11.5 Å². The minimum absolute atomic E-state index is 0.661. The van der Waals surface area contributed by atoms with Gasteiger partial charge in [-0.1, -0.05) is 6.92 Å². The topological polar surface area (TPSA) is 61.5 Å². The quantitative estimate of drug-likeness (QED) is 0.534. The Morgan fingerprint density at radius 3 is 2.85 bits per heavy atom. The molecule has 0 spiro atoms. The molecule has 4 aromatic rings. The van der Waals surface area contributed by atoms with Gasteiger partial charge in [0.15, 0.2) is 23.0 Å². The van der Waals surface area contributed by atoms with E-state index >= 15 is 0 Å². The number of rotatable bonds is 3. The molecule has 0 bridgehead atoms. The Balaban J connectivity index is 1.69. The molecule has 1 aliphatic rings. The summed E-state index contributed by atoms with van der Waals surface area (Å²) < 4.78 is 12.5. The normalized spacial score (nSPS) is 16.6. The van der Waals surface area contributed by atoms with Crippen LogP contribution in [-0.2, 0) is 12.8 Å². The van der Waals surface area contributed by atoms with E-state index in [0.717, 1.165) is 34.8 Å². The van der Waals surface area contributed by atoms with Crippen LogP contribution in [0.15, 0.2) is 24.5 Å². The van der Waals surface area contributed by atoms with Gasteiger partial charge in [0.2, 0.25) is 0 Å². The number of aromatic nitrogens is 4. The first-order valence-electron chi connectivity index (χ1n) is 9.06. The molecule has 1 aliphatic carbocycles. The molecule has 1 aromatic carbocycles. The van der Waals surface area contributed by atoms with Crippen LogP contribution < -0.4 is 9.47 Å². The van der Waals surface area contributed by atoms with Crippen molar-refractivity contribution in [1.82, 2.24) is 19.6 Å². The van der Waals surface area contributed by atoms with E-state index in [9.17, 15) is 0 Å². The third-order valence-corrected chi connectivity index (χ3v) is 6.44. The molecule has 1 unspecified atom stereocenters. The monoisotopic (exact) mass is 380 g/mol. The highest BCUT2D eigenvalue weighted by molar-refractivity contribution is 7.19. The smallest absolute Gasteiger partial charge is 0.182 e. The summed E-state index contributed by atoms with van der Waals surface area (Å²) in [4.78, 5) is 12.0. The number of hydrogen-bond donors (Lipinski definition) is 0. The van der Waals surface area contributed by atoms with E-state index in [-0.39, 0.29) is 0 Å². The summed E-state index contributed by atoms with van der Waals surface area (Å²) in [6.07, 6.45) is 5.21. The van der Waals surface area contributed by atoms with Gasteiger partial charge in [0.05, 0.1) is 19.6 Å². The van der Waals surface area contributed by atoms with Gasteiger partial charge in [0.25, 0.3) is 0 Å². The molecular formula is C20H20N4O2S. The van der Waals surface area contributed by atoms with E-state index in [1.807, 2.05) is 18.2 Å². The lowest BCUT2D eigenvalue weighted by Gasteiger charge is -2.17. The van der Waals surface area contributed by atoms with Gasteiger partial charge >= 0.3 is 0 Å². The first kappa shape index (κ1) is 16.5. The lowest BCUT2D eigenvalue weighted by molar-refractivity contribution is 0.355. The average molecular weight is 380 g/mol. The molecule has 0 amide bonds. The fraction of sp³-hybridized carbons (Fsp3) is 0.350. The van der Waals surface area contributed by atoms with Crippen LogP contribution in [0.3, 0.4) is 0 Å². The van der Waals surface area contributed by atoms with Gasteiger partial charge < -0.3 is 9.47 Å². The summed E-state index contributed by atoms with van der Waals surface area (Å²) >= 11 is 1.81. The minimum atomic E-state index is 0.661. The van der Waals surface area contributed by atoms with Gasteiger partial charge in [-0.15, -0.1) is 16.4 Å². The van der Waals surface area contributed by atoms with Crippen molar-refractivity contribution in [1.29, 1.82) is 0 Å². The maximum atomic E-state index is 5.42. The van der Waals surface area contributed by atoms with Crippen molar-refractivity contribution in [2.75, 3.05) is 14.2 Å². The van der Waals surface area contributed by atoms with Crippen molar-refractivity contribution < 1.29 is 9.47 Å². The fourth-order valence-electron chi connectivity index (χ4n) is 3.84. The van der Waals surface area contributed by atoms with Crippen molar-refractivity contribution in [3.8, 4) is 22.9 Å². The molecule has 3 heterocycles. The molecule has 1 atom stereocenters. The summed E-state index contributed by atoms with van der Waals surface area (Å²) in [6.45, 7) is 2.32. The number of benzene rings is 1. The third-order valence-electron chi connectivity index (χ3n) is 5.27. The maximum Gasteiger partial charge on any atom is 0.182 e. The lowest BCUT2D eigenvalue weighted by Crippen LogP contribution is -2.08. The number of thiophene rings is 1. The fourth-order valence-corrected chi connectivity index (χ4v) is 5.18. The van der Waals surface area contributed by atoms with Crippen molar-refractivity contribution in [3.05, 3.63) is 35.0 Å².